The summed E-state index contributed by atoms with van der Waals surface area (Å²) >= 11 is 5.62. The van der Waals surface area contributed by atoms with Gasteiger partial charge in [-0.2, -0.15) is 0 Å². The van der Waals surface area contributed by atoms with E-state index in [9.17, 15) is 0 Å². The van der Waals surface area contributed by atoms with E-state index in [-0.39, 0.29) is 0 Å². The summed E-state index contributed by atoms with van der Waals surface area (Å²) in [7, 11) is 0. The molecule has 7 heteroatoms. The molecule has 5 nitrogen and oxygen atoms in total. The molecular formula is C15H15CrNO4Se. The minimum atomic E-state index is 1.05. The van der Waals surface area contributed by atoms with Gasteiger partial charge in [0.25, 0.3) is 0 Å². The fourth-order valence-electron chi connectivity index (χ4n) is 0.773. The molecule has 0 aromatic heterocycles. The molecule has 0 saturated carbocycles. The van der Waals surface area contributed by atoms with Crippen molar-refractivity contribution >= 4 is 20.5 Å². The van der Waals surface area contributed by atoms with Crippen LogP contribution in [-0.4, -0.2) is 34.0 Å². The Labute approximate surface area is 148 Å². The summed E-state index contributed by atoms with van der Waals surface area (Å²) in [6, 6.07) is 10.1. The van der Waals surface area contributed by atoms with E-state index >= 15 is 0 Å². The first kappa shape index (κ1) is 32.8. The predicted octanol–water partition coefficient (Wildman–Crippen LogP) is 1.12. The van der Waals surface area contributed by atoms with Crippen LogP contribution in [0.1, 0.15) is 13.8 Å². The topological polar surface area (TPSA) is 82.8 Å². The second-order valence-corrected chi connectivity index (χ2v) is 3.85. The first-order valence-corrected chi connectivity index (χ1v) is 6.90. The average Bonchev–Trinajstić information content (AvgIpc) is 2.64. The Balaban J connectivity index is -0.0000000604. The van der Waals surface area contributed by atoms with Gasteiger partial charge in [0, 0.05) is 0 Å². The molecule has 1 aromatic carbocycles. The molecule has 1 aromatic rings. The zero-order chi connectivity index (χ0) is 18.8. The van der Waals surface area contributed by atoms with Gasteiger partial charge in [-0.1, -0.05) is 0 Å². The molecule has 0 atom stereocenters. The quantitative estimate of drug-likeness (QED) is 0.315. The summed E-state index contributed by atoms with van der Waals surface area (Å²) in [6.07, 6.45) is 0. The minimum absolute atomic E-state index is 1.05. The standard InChI is InChI=1S/C6H5Se.C5H10N.4CO.Cr/c7-6-4-2-1-3-5-6;1-4-6(3)5-2;4*1-2;/h1-5H;4-5H2,1-2H3;;;;;. The molecule has 0 heterocycles. The van der Waals surface area contributed by atoms with Crippen molar-refractivity contribution in [1.29, 1.82) is 0 Å². The number of benzene rings is 1. The molecule has 0 aliphatic carbocycles. The Kier molecular flexibility index (Phi) is 63.7. The van der Waals surface area contributed by atoms with Crippen molar-refractivity contribution in [3.8, 4) is 4.81 Å². The SMILES string of the molecule is CCN([C]#[Cr])CC.[C-]#[O+].[C-]#[O+].[C-]#[O+].[C-]#[O+].[Se]c1ccccc1. The normalized spacial score (nSPS) is 5.91. The molecule has 0 aliphatic heterocycles. The predicted molar refractivity (Wildman–Crippen MR) is 74.4 cm³/mol. The van der Waals surface area contributed by atoms with Crippen LogP contribution in [0.15, 0.2) is 30.3 Å². The van der Waals surface area contributed by atoms with E-state index in [1.807, 2.05) is 30.3 Å². The molecule has 1 rings (SSSR count). The van der Waals surface area contributed by atoms with Crippen LogP contribution in [0.5, 0.6) is 0 Å². The van der Waals surface area contributed by atoms with Crippen LogP contribution in [0.25, 0.3) is 0 Å². The van der Waals surface area contributed by atoms with Crippen molar-refractivity contribution < 1.29 is 34.3 Å². The molecule has 22 heavy (non-hydrogen) atoms. The van der Waals surface area contributed by atoms with Crippen molar-refractivity contribution in [3.63, 3.8) is 0 Å². The summed E-state index contributed by atoms with van der Waals surface area (Å²) < 4.78 is 31.2. The van der Waals surface area contributed by atoms with Gasteiger partial charge in [0.2, 0.25) is 0 Å². The van der Waals surface area contributed by atoms with E-state index in [1.54, 1.807) is 0 Å². The third kappa shape index (κ3) is 36.4. The van der Waals surface area contributed by atoms with E-state index in [1.165, 1.54) is 4.46 Å². The van der Waals surface area contributed by atoms with Crippen LogP contribution in [0.2, 0.25) is 0 Å². The Hall–Kier alpha value is -1.03. The molecule has 116 valence electrons. The van der Waals surface area contributed by atoms with Crippen LogP contribution >= 0.6 is 0 Å². The van der Waals surface area contributed by atoms with Crippen LogP contribution in [0, 0.1) is 31.4 Å². The van der Waals surface area contributed by atoms with Gasteiger partial charge in [-0.05, 0) is 0 Å². The summed E-state index contributed by atoms with van der Waals surface area (Å²) in [5, 5.41) is 0. The summed E-state index contributed by atoms with van der Waals surface area (Å²) in [5.41, 5.74) is 0. The summed E-state index contributed by atoms with van der Waals surface area (Å²) in [4.78, 5) is 4.98. The number of nitrogens with zero attached hydrogens (tertiary/aromatic N) is 1. The summed E-state index contributed by atoms with van der Waals surface area (Å²) in [6.45, 7) is 24.3. The van der Waals surface area contributed by atoms with Crippen molar-refractivity contribution in [2.75, 3.05) is 13.1 Å². The van der Waals surface area contributed by atoms with Crippen molar-refractivity contribution in [2.45, 2.75) is 13.8 Å². The van der Waals surface area contributed by atoms with Crippen LogP contribution < -0.4 is 4.46 Å². The second kappa shape index (κ2) is 42.7. The molecule has 0 saturated heterocycles. The van der Waals surface area contributed by atoms with Gasteiger partial charge in [-0.25, -0.2) is 0 Å². The molecule has 0 amide bonds. The van der Waals surface area contributed by atoms with Crippen molar-refractivity contribution in [2.24, 2.45) is 0 Å². The fraction of sp³-hybridized carbons (Fsp3) is 0.267. The van der Waals surface area contributed by atoms with E-state index in [2.05, 4.69) is 81.8 Å². The fourth-order valence-corrected chi connectivity index (χ4v) is 1.51. The zero-order valence-corrected chi connectivity index (χ0v) is 15.2. The first-order chi connectivity index (χ1) is 10.7. The maximum atomic E-state index is 7.50. The Morgan fingerprint density at radius 1 is 0.909 bits per heavy atom. The molecule has 0 bridgehead atoms. The van der Waals surface area contributed by atoms with Gasteiger partial charge < -0.3 is 0 Å². The van der Waals surface area contributed by atoms with Gasteiger partial charge in [-0.15, -0.1) is 0 Å². The van der Waals surface area contributed by atoms with Gasteiger partial charge in [0.15, 0.2) is 0 Å². The Morgan fingerprint density at radius 2 is 1.23 bits per heavy atom. The van der Waals surface area contributed by atoms with Crippen LogP contribution in [0.3, 0.4) is 0 Å². The molecule has 0 aliphatic rings. The van der Waals surface area contributed by atoms with E-state index < -0.39 is 0 Å². The molecular weight excluding hydrogens is 389 g/mol. The van der Waals surface area contributed by atoms with Crippen molar-refractivity contribution in [1.82, 2.24) is 4.90 Å². The van der Waals surface area contributed by atoms with E-state index in [4.69, 9.17) is 18.6 Å². The molecule has 0 fully saturated rings. The number of rotatable bonds is 2. The Bertz CT molecular complexity index is 396. The Morgan fingerprint density at radius 3 is 1.32 bits per heavy atom. The van der Waals surface area contributed by atoms with Gasteiger partial charge >= 0.3 is 148 Å². The van der Waals surface area contributed by atoms with Crippen LogP contribution in [-0.2, 0) is 34.3 Å². The molecule has 0 N–H and O–H groups in total. The third-order valence-electron chi connectivity index (χ3n) is 1.64. The number of hydrogen-bond donors (Lipinski definition) is 0. The van der Waals surface area contributed by atoms with E-state index in [0.717, 1.165) is 13.1 Å². The first-order valence-electron chi connectivity index (χ1n) is 5.41. The van der Waals surface area contributed by atoms with Gasteiger partial charge in [0.05, 0.1) is 0 Å². The van der Waals surface area contributed by atoms with E-state index in [0.29, 0.717) is 0 Å². The van der Waals surface area contributed by atoms with Crippen molar-refractivity contribution in [3.05, 3.63) is 56.9 Å². The number of hydrogen-bond acceptors (Lipinski definition) is 1. The molecule has 0 unspecified atom stereocenters. The maximum absolute atomic E-state index is 7.50. The van der Waals surface area contributed by atoms with Gasteiger partial charge in [-0.3, -0.25) is 0 Å². The molecule has 0 spiro atoms. The second-order valence-electron chi connectivity index (χ2n) is 2.58. The van der Waals surface area contributed by atoms with Gasteiger partial charge in [0.1, 0.15) is 0 Å². The zero-order valence-electron chi connectivity index (χ0n) is 12.2. The average molecular weight is 404 g/mol. The monoisotopic (exact) mass is 405 g/mol. The molecule has 1 radical (unpaired) electrons. The third-order valence-corrected chi connectivity index (χ3v) is 2.61. The summed E-state index contributed by atoms with van der Waals surface area (Å²) in [5.74, 6) is 0. The van der Waals surface area contributed by atoms with Crippen LogP contribution in [0.4, 0.5) is 0 Å².